The molecule has 0 aliphatic rings. The molecule has 0 saturated heterocycles. The van der Waals surface area contributed by atoms with Gasteiger partial charge in [0.15, 0.2) is 22.5 Å². The Morgan fingerprint density at radius 3 is 2.48 bits per heavy atom. The second kappa shape index (κ2) is 8.60. The molecule has 1 aromatic heterocycles. The van der Waals surface area contributed by atoms with Gasteiger partial charge in [-0.25, -0.2) is 0 Å². The highest BCUT2D eigenvalue weighted by Gasteiger charge is 2.18. The lowest BCUT2D eigenvalue weighted by atomic mass is 10.2. The third-order valence-electron chi connectivity index (χ3n) is 3.97. The minimum Gasteiger partial charge on any atom is -0.493 e. The second-order valence-electron chi connectivity index (χ2n) is 5.89. The van der Waals surface area contributed by atoms with Crippen LogP contribution in [0.1, 0.15) is 6.92 Å². The van der Waals surface area contributed by atoms with E-state index in [0.29, 0.717) is 17.3 Å². The molecule has 3 rings (SSSR count). The van der Waals surface area contributed by atoms with Crippen LogP contribution in [-0.2, 0) is 0 Å². The maximum atomic E-state index is 9.07. The van der Waals surface area contributed by atoms with Gasteiger partial charge >= 0.3 is 0 Å². The zero-order valence-electron chi connectivity index (χ0n) is 15.4. The molecule has 0 N–H and O–H groups in total. The average molecular weight is 380 g/mol. The Hall–Kier alpha value is -2.98. The van der Waals surface area contributed by atoms with Gasteiger partial charge in [-0.2, -0.15) is 5.26 Å². The summed E-state index contributed by atoms with van der Waals surface area (Å²) < 4.78 is 12.8. The van der Waals surface area contributed by atoms with E-state index in [1.54, 1.807) is 14.2 Å². The molecule has 0 bridgehead atoms. The van der Waals surface area contributed by atoms with Gasteiger partial charge in [0.2, 0.25) is 0 Å². The molecule has 0 radical (unpaired) electrons. The summed E-state index contributed by atoms with van der Waals surface area (Å²) in [7, 11) is 3.21. The van der Waals surface area contributed by atoms with Crippen molar-refractivity contribution in [3.8, 4) is 34.6 Å². The predicted molar refractivity (Wildman–Crippen MR) is 105 cm³/mol. The van der Waals surface area contributed by atoms with Crippen molar-refractivity contribution >= 4 is 11.8 Å². The van der Waals surface area contributed by atoms with E-state index in [1.807, 2.05) is 60.0 Å². The molecule has 6 nitrogen and oxygen atoms in total. The Morgan fingerprint density at radius 1 is 1.07 bits per heavy atom. The average Bonchev–Trinajstić information content (AvgIpc) is 3.15. The first-order valence-electron chi connectivity index (χ1n) is 8.43. The van der Waals surface area contributed by atoms with E-state index in [2.05, 4.69) is 16.3 Å². The highest BCUT2D eigenvalue weighted by atomic mass is 32.2. The van der Waals surface area contributed by atoms with E-state index in [-0.39, 0.29) is 5.92 Å². The molecule has 2 aromatic carbocycles. The number of nitrogens with zero attached hydrogens (tertiary/aromatic N) is 4. The number of aromatic nitrogens is 3. The summed E-state index contributed by atoms with van der Waals surface area (Å²) in [6.07, 6.45) is 0. The molecule has 0 spiro atoms. The normalized spacial score (nSPS) is 11.6. The summed E-state index contributed by atoms with van der Waals surface area (Å²) in [4.78, 5) is 0. The predicted octanol–water partition coefficient (Wildman–Crippen LogP) is 4.20. The Kier molecular flexibility index (Phi) is 5.99. The number of hydrogen-bond donors (Lipinski definition) is 0. The molecule has 0 aliphatic heterocycles. The number of rotatable bonds is 7. The minimum atomic E-state index is -0.0780. The topological polar surface area (TPSA) is 73.0 Å². The molecule has 138 valence electrons. The first-order chi connectivity index (χ1) is 13.2. The summed E-state index contributed by atoms with van der Waals surface area (Å²) in [6.45, 7) is 1.89. The summed E-state index contributed by atoms with van der Waals surface area (Å²) in [5.74, 6) is 2.57. The summed E-state index contributed by atoms with van der Waals surface area (Å²) in [5.41, 5.74) is 1.82. The first-order valence-corrected chi connectivity index (χ1v) is 9.42. The Bertz CT molecular complexity index is 950. The largest absolute Gasteiger partial charge is 0.493 e. The molecule has 1 atom stereocenters. The minimum absolute atomic E-state index is 0.0780. The van der Waals surface area contributed by atoms with Gasteiger partial charge in [0.1, 0.15) is 0 Å². The van der Waals surface area contributed by atoms with Crippen molar-refractivity contribution in [1.82, 2.24) is 14.8 Å². The lowest BCUT2D eigenvalue weighted by Gasteiger charge is -2.14. The SMILES string of the molecule is COc1ccc(-n2c(SCC(C)C#N)nnc2-c2ccccc2)cc1OC. The van der Waals surface area contributed by atoms with Crippen LogP contribution in [-0.4, -0.2) is 34.7 Å². The third-order valence-corrected chi connectivity index (χ3v) is 5.16. The summed E-state index contributed by atoms with van der Waals surface area (Å²) in [5, 5.41) is 18.6. The van der Waals surface area contributed by atoms with Gasteiger partial charge in [0.05, 0.1) is 31.9 Å². The zero-order valence-corrected chi connectivity index (χ0v) is 16.2. The lowest BCUT2D eigenvalue weighted by Crippen LogP contribution is -2.02. The quantitative estimate of drug-likeness (QED) is 0.572. The van der Waals surface area contributed by atoms with Gasteiger partial charge in [0.25, 0.3) is 0 Å². The van der Waals surface area contributed by atoms with Crippen LogP contribution in [0.3, 0.4) is 0 Å². The van der Waals surface area contributed by atoms with Crippen molar-refractivity contribution in [2.45, 2.75) is 12.1 Å². The van der Waals surface area contributed by atoms with Crippen molar-refractivity contribution in [3.63, 3.8) is 0 Å². The van der Waals surface area contributed by atoms with Crippen LogP contribution >= 0.6 is 11.8 Å². The number of benzene rings is 2. The standard InChI is InChI=1S/C20H20N4O2S/c1-14(12-21)13-27-20-23-22-19(15-7-5-4-6-8-15)24(20)16-9-10-17(25-2)18(11-16)26-3/h4-11,14H,13H2,1-3H3. The molecule has 3 aromatic rings. The van der Waals surface area contributed by atoms with Crippen LogP contribution in [0, 0.1) is 17.2 Å². The molecule has 0 fully saturated rings. The maximum Gasteiger partial charge on any atom is 0.196 e. The van der Waals surface area contributed by atoms with Crippen LogP contribution in [0.5, 0.6) is 11.5 Å². The third kappa shape index (κ3) is 4.07. The van der Waals surface area contributed by atoms with Crippen molar-refractivity contribution in [2.75, 3.05) is 20.0 Å². The fraction of sp³-hybridized carbons (Fsp3) is 0.250. The Balaban J connectivity index is 2.10. The van der Waals surface area contributed by atoms with Gasteiger partial charge < -0.3 is 9.47 Å². The molecule has 1 heterocycles. The van der Waals surface area contributed by atoms with Gasteiger partial charge in [-0.15, -0.1) is 10.2 Å². The molecule has 7 heteroatoms. The van der Waals surface area contributed by atoms with Crippen LogP contribution < -0.4 is 9.47 Å². The Morgan fingerprint density at radius 2 is 1.81 bits per heavy atom. The van der Waals surface area contributed by atoms with Crippen LogP contribution in [0.25, 0.3) is 17.1 Å². The van der Waals surface area contributed by atoms with E-state index >= 15 is 0 Å². The van der Waals surface area contributed by atoms with Gasteiger partial charge in [0, 0.05) is 17.4 Å². The van der Waals surface area contributed by atoms with Gasteiger partial charge in [-0.1, -0.05) is 42.1 Å². The molecule has 27 heavy (non-hydrogen) atoms. The van der Waals surface area contributed by atoms with E-state index < -0.39 is 0 Å². The molecule has 0 saturated carbocycles. The van der Waals surface area contributed by atoms with E-state index in [0.717, 1.165) is 22.2 Å². The van der Waals surface area contributed by atoms with Gasteiger partial charge in [-0.3, -0.25) is 4.57 Å². The van der Waals surface area contributed by atoms with Crippen molar-refractivity contribution in [1.29, 1.82) is 5.26 Å². The van der Waals surface area contributed by atoms with Crippen LogP contribution in [0.2, 0.25) is 0 Å². The van der Waals surface area contributed by atoms with Crippen LogP contribution in [0.4, 0.5) is 0 Å². The summed E-state index contributed by atoms with van der Waals surface area (Å²) in [6, 6.07) is 17.8. The van der Waals surface area contributed by atoms with E-state index in [1.165, 1.54) is 11.8 Å². The highest BCUT2D eigenvalue weighted by Crippen LogP contribution is 2.34. The lowest BCUT2D eigenvalue weighted by molar-refractivity contribution is 0.355. The second-order valence-corrected chi connectivity index (χ2v) is 6.88. The van der Waals surface area contributed by atoms with Crippen molar-refractivity contribution in [3.05, 3.63) is 48.5 Å². The number of nitriles is 1. The molecular weight excluding hydrogens is 360 g/mol. The Labute approximate surface area is 162 Å². The van der Waals surface area contributed by atoms with E-state index in [4.69, 9.17) is 14.7 Å². The zero-order chi connectivity index (χ0) is 19.2. The van der Waals surface area contributed by atoms with Crippen molar-refractivity contribution in [2.24, 2.45) is 5.92 Å². The fourth-order valence-corrected chi connectivity index (χ4v) is 3.46. The highest BCUT2D eigenvalue weighted by molar-refractivity contribution is 7.99. The van der Waals surface area contributed by atoms with Gasteiger partial charge in [-0.05, 0) is 19.1 Å². The number of ether oxygens (including phenoxy) is 2. The van der Waals surface area contributed by atoms with E-state index in [9.17, 15) is 0 Å². The molecule has 0 amide bonds. The monoisotopic (exact) mass is 380 g/mol. The molecule has 0 aliphatic carbocycles. The number of thioether (sulfide) groups is 1. The maximum absolute atomic E-state index is 9.07. The van der Waals surface area contributed by atoms with Crippen LogP contribution in [0.15, 0.2) is 53.7 Å². The number of hydrogen-bond acceptors (Lipinski definition) is 6. The van der Waals surface area contributed by atoms with Crippen molar-refractivity contribution < 1.29 is 9.47 Å². The summed E-state index contributed by atoms with van der Waals surface area (Å²) >= 11 is 1.51. The number of methoxy groups -OCH3 is 2. The molecule has 1 unspecified atom stereocenters. The fourth-order valence-electron chi connectivity index (χ4n) is 2.57. The smallest absolute Gasteiger partial charge is 0.196 e. The first kappa shape index (κ1) is 18.8. The molecular formula is C20H20N4O2S.